The van der Waals surface area contributed by atoms with E-state index in [1.54, 1.807) is 35.2 Å². The summed E-state index contributed by atoms with van der Waals surface area (Å²) in [5, 5.41) is 6.23. The van der Waals surface area contributed by atoms with Gasteiger partial charge in [-0.05, 0) is 24.4 Å². The minimum atomic E-state index is -0.335. The average molecular weight is 262 g/mol. The Bertz CT molecular complexity index is 556. The first-order chi connectivity index (χ1) is 8.72. The first-order valence-electron chi connectivity index (χ1n) is 5.63. The molecule has 0 aliphatic rings. The summed E-state index contributed by atoms with van der Waals surface area (Å²) in [6.07, 6.45) is 4.91. The highest BCUT2D eigenvalue weighted by atomic mass is 32.1. The Kier molecular flexibility index (Phi) is 3.94. The molecular formula is C13H14N2O2S. The minimum Gasteiger partial charge on any atom is -0.463 e. The summed E-state index contributed by atoms with van der Waals surface area (Å²) in [5.74, 6) is -0.335. The van der Waals surface area contributed by atoms with Crippen LogP contribution in [0.15, 0.2) is 29.8 Å². The van der Waals surface area contributed by atoms with Gasteiger partial charge in [0.2, 0.25) is 0 Å². The third kappa shape index (κ3) is 2.68. The molecule has 0 saturated carbocycles. The van der Waals surface area contributed by atoms with Crippen LogP contribution in [0.4, 0.5) is 0 Å². The number of aromatic nitrogens is 2. The number of ether oxygens (including phenoxy) is 1. The van der Waals surface area contributed by atoms with Crippen LogP contribution in [0.3, 0.4) is 0 Å². The van der Waals surface area contributed by atoms with E-state index in [1.807, 2.05) is 24.6 Å². The van der Waals surface area contributed by atoms with Crippen molar-refractivity contribution in [2.24, 2.45) is 7.05 Å². The molecule has 0 saturated heterocycles. The van der Waals surface area contributed by atoms with Gasteiger partial charge in [-0.3, -0.25) is 4.68 Å². The monoisotopic (exact) mass is 262 g/mol. The van der Waals surface area contributed by atoms with Crippen LogP contribution in [0.25, 0.3) is 16.6 Å². The van der Waals surface area contributed by atoms with Crippen molar-refractivity contribution < 1.29 is 9.53 Å². The van der Waals surface area contributed by atoms with E-state index in [2.05, 4.69) is 5.10 Å². The van der Waals surface area contributed by atoms with Crippen LogP contribution in [0.2, 0.25) is 0 Å². The molecular weight excluding hydrogens is 248 g/mol. The zero-order valence-electron chi connectivity index (χ0n) is 10.3. The molecule has 4 nitrogen and oxygen atoms in total. The molecule has 0 bridgehead atoms. The van der Waals surface area contributed by atoms with Crippen molar-refractivity contribution in [2.75, 3.05) is 6.61 Å². The molecule has 2 heterocycles. The number of carbonyl (C=O) groups is 1. The maximum absolute atomic E-state index is 11.3. The summed E-state index contributed by atoms with van der Waals surface area (Å²) in [6.45, 7) is 2.17. The molecule has 0 spiro atoms. The molecule has 0 fully saturated rings. The quantitative estimate of drug-likeness (QED) is 0.628. The van der Waals surface area contributed by atoms with Crippen molar-refractivity contribution in [1.82, 2.24) is 9.78 Å². The summed E-state index contributed by atoms with van der Waals surface area (Å²) < 4.78 is 6.65. The van der Waals surface area contributed by atoms with Gasteiger partial charge in [0.1, 0.15) is 0 Å². The van der Waals surface area contributed by atoms with E-state index in [0.29, 0.717) is 6.61 Å². The van der Waals surface area contributed by atoms with Crippen molar-refractivity contribution >= 4 is 23.4 Å². The van der Waals surface area contributed by atoms with E-state index < -0.39 is 0 Å². The summed E-state index contributed by atoms with van der Waals surface area (Å²) in [4.78, 5) is 12.4. The highest BCUT2D eigenvalue weighted by Crippen LogP contribution is 2.28. The minimum absolute atomic E-state index is 0.335. The van der Waals surface area contributed by atoms with Gasteiger partial charge in [0, 0.05) is 18.7 Å². The second kappa shape index (κ2) is 5.64. The molecule has 0 aliphatic carbocycles. The fraction of sp³-hybridized carbons (Fsp3) is 0.231. The molecule has 0 N–H and O–H groups in total. The molecule has 2 rings (SSSR count). The van der Waals surface area contributed by atoms with Gasteiger partial charge in [-0.25, -0.2) is 4.79 Å². The zero-order valence-corrected chi connectivity index (χ0v) is 11.1. The van der Waals surface area contributed by atoms with Crippen LogP contribution >= 0.6 is 11.3 Å². The standard InChI is InChI=1S/C13H14N2O2S/c1-3-17-12(16)7-6-10-9-14-15(2)13(10)11-5-4-8-18-11/h4-9H,3H2,1-2H3. The van der Waals surface area contributed by atoms with Gasteiger partial charge in [0.25, 0.3) is 0 Å². The van der Waals surface area contributed by atoms with Crippen molar-refractivity contribution in [2.45, 2.75) is 6.92 Å². The number of carbonyl (C=O) groups excluding carboxylic acids is 1. The lowest BCUT2D eigenvalue weighted by Crippen LogP contribution is -1.98. The molecule has 2 aromatic heterocycles. The fourth-order valence-electron chi connectivity index (χ4n) is 1.64. The maximum Gasteiger partial charge on any atom is 0.330 e. The number of aryl methyl sites for hydroxylation is 1. The third-order valence-electron chi connectivity index (χ3n) is 2.41. The smallest absolute Gasteiger partial charge is 0.330 e. The SMILES string of the molecule is CCOC(=O)C=Cc1cnn(C)c1-c1cccs1. The molecule has 0 aromatic carbocycles. The van der Waals surface area contributed by atoms with Crippen molar-refractivity contribution in [3.8, 4) is 10.6 Å². The van der Waals surface area contributed by atoms with E-state index >= 15 is 0 Å². The average Bonchev–Trinajstić information content (AvgIpc) is 2.96. The Morgan fingerprint density at radius 1 is 1.61 bits per heavy atom. The Morgan fingerprint density at radius 3 is 3.11 bits per heavy atom. The predicted molar refractivity (Wildman–Crippen MR) is 72.2 cm³/mol. The van der Waals surface area contributed by atoms with E-state index in [0.717, 1.165) is 16.1 Å². The lowest BCUT2D eigenvalue weighted by atomic mass is 10.2. The van der Waals surface area contributed by atoms with Gasteiger partial charge in [-0.1, -0.05) is 6.07 Å². The van der Waals surface area contributed by atoms with Crippen LogP contribution in [0.5, 0.6) is 0 Å². The zero-order chi connectivity index (χ0) is 13.0. The molecule has 0 atom stereocenters. The summed E-state index contributed by atoms with van der Waals surface area (Å²) in [7, 11) is 1.89. The second-order valence-electron chi connectivity index (χ2n) is 3.63. The van der Waals surface area contributed by atoms with E-state index in [9.17, 15) is 4.79 Å². The molecule has 0 amide bonds. The van der Waals surface area contributed by atoms with Gasteiger partial charge in [-0.15, -0.1) is 11.3 Å². The van der Waals surface area contributed by atoms with E-state index in [1.165, 1.54) is 6.08 Å². The van der Waals surface area contributed by atoms with Crippen LogP contribution in [0, 0.1) is 0 Å². The molecule has 2 aromatic rings. The normalized spacial score (nSPS) is 11.0. The first-order valence-corrected chi connectivity index (χ1v) is 6.51. The molecule has 94 valence electrons. The van der Waals surface area contributed by atoms with Crippen molar-refractivity contribution in [3.05, 3.63) is 35.3 Å². The van der Waals surface area contributed by atoms with Crippen LogP contribution in [-0.4, -0.2) is 22.4 Å². The molecule has 0 radical (unpaired) electrons. The largest absolute Gasteiger partial charge is 0.463 e. The van der Waals surface area contributed by atoms with Crippen molar-refractivity contribution in [1.29, 1.82) is 0 Å². The van der Waals surface area contributed by atoms with E-state index in [-0.39, 0.29) is 5.97 Å². The molecule has 0 unspecified atom stereocenters. The third-order valence-corrected chi connectivity index (χ3v) is 3.28. The van der Waals surface area contributed by atoms with Gasteiger partial charge in [0.05, 0.1) is 23.4 Å². The number of nitrogens with zero attached hydrogens (tertiary/aromatic N) is 2. The lowest BCUT2D eigenvalue weighted by Gasteiger charge is -2.00. The number of hydrogen-bond acceptors (Lipinski definition) is 4. The summed E-state index contributed by atoms with van der Waals surface area (Å²) >= 11 is 1.64. The summed E-state index contributed by atoms with van der Waals surface area (Å²) in [6, 6.07) is 4.02. The van der Waals surface area contributed by atoms with Gasteiger partial charge >= 0.3 is 5.97 Å². The first kappa shape index (κ1) is 12.6. The Morgan fingerprint density at radius 2 is 2.44 bits per heavy atom. The van der Waals surface area contributed by atoms with Gasteiger partial charge in [-0.2, -0.15) is 5.10 Å². The Balaban J connectivity index is 2.27. The van der Waals surface area contributed by atoms with Crippen LogP contribution < -0.4 is 0 Å². The lowest BCUT2D eigenvalue weighted by molar-refractivity contribution is -0.137. The predicted octanol–water partition coefficient (Wildman–Crippen LogP) is 2.72. The highest BCUT2D eigenvalue weighted by molar-refractivity contribution is 7.13. The summed E-state index contributed by atoms with van der Waals surface area (Å²) in [5.41, 5.74) is 1.92. The Labute approximate surface area is 110 Å². The number of esters is 1. The number of hydrogen-bond donors (Lipinski definition) is 0. The number of thiophene rings is 1. The molecule has 5 heteroatoms. The van der Waals surface area contributed by atoms with Crippen molar-refractivity contribution in [3.63, 3.8) is 0 Å². The molecule has 0 aliphatic heterocycles. The van der Waals surface area contributed by atoms with Crippen LogP contribution in [0.1, 0.15) is 12.5 Å². The van der Waals surface area contributed by atoms with Gasteiger partial charge < -0.3 is 4.74 Å². The van der Waals surface area contributed by atoms with E-state index in [4.69, 9.17) is 4.74 Å². The second-order valence-corrected chi connectivity index (χ2v) is 4.58. The highest BCUT2D eigenvalue weighted by Gasteiger charge is 2.09. The number of rotatable bonds is 4. The Hall–Kier alpha value is -1.88. The maximum atomic E-state index is 11.3. The fourth-order valence-corrected chi connectivity index (χ4v) is 2.46. The van der Waals surface area contributed by atoms with Gasteiger partial charge in [0.15, 0.2) is 0 Å². The topological polar surface area (TPSA) is 44.1 Å². The van der Waals surface area contributed by atoms with Crippen LogP contribution in [-0.2, 0) is 16.6 Å². The molecule has 18 heavy (non-hydrogen) atoms.